The van der Waals surface area contributed by atoms with E-state index in [1.807, 2.05) is 61.5 Å². The van der Waals surface area contributed by atoms with Gasteiger partial charge in [0.15, 0.2) is 10.6 Å². The van der Waals surface area contributed by atoms with Gasteiger partial charge in [-0.1, -0.05) is 61.9 Å². The number of para-hydroxylation sites is 1. The van der Waals surface area contributed by atoms with E-state index in [1.54, 1.807) is 4.57 Å². The van der Waals surface area contributed by atoms with Gasteiger partial charge >= 0.3 is 0 Å². The SMILES string of the molecule is Cc1ccc(-c2n[nH]c(=S)n2CC(=O)NCC(Nc2ccccc2)C(C)C)cc1. The Bertz CT molecular complexity index is 992. The summed E-state index contributed by atoms with van der Waals surface area (Å²) < 4.78 is 2.16. The maximum Gasteiger partial charge on any atom is 0.240 e. The fraction of sp³-hybridized carbons (Fsp3) is 0.318. The van der Waals surface area contributed by atoms with E-state index in [9.17, 15) is 4.79 Å². The van der Waals surface area contributed by atoms with Crippen LogP contribution in [0.3, 0.4) is 0 Å². The van der Waals surface area contributed by atoms with Crippen molar-refractivity contribution in [2.24, 2.45) is 5.92 Å². The molecule has 0 saturated heterocycles. The summed E-state index contributed by atoms with van der Waals surface area (Å²) in [5.41, 5.74) is 3.12. The third-order valence-electron chi connectivity index (χ3n) is 4.82. The van der Waals surface area contributed by atoms with Crippen molar-refractivity contribution >= 4 is 23.8 Å². The lowest BCUT2D eigenvalue weighted by Crippen LogP contribution is -2.40. The van der Waals surface area contributed by atoms with Gasteiger partial charge in [0, 0.05) is 23.8 Å². The van der Waals surface area contributed by atoms with Crippen molar-refractivity contribution in [3.8, 4) is 11.4 Å². The summed E-state index contributed by atoms with van der Waals surface area (Å²) in [6.45, 7) is 6.94. The normalized spacial score (nSPS) is 12.0. The number of nitrogens with one attached hydrogen (secondary N) is 3. The number of benzene rings is 2. The Morgan fingerprint density at radius 1 is 1.14 bits per heavy atom. The molecule has 0 radical (unpaired) electrons. The molecule has 0 bridgehead atoms. The summed E-state index contributed by atoms with van der Waals surface area (Å²) in [7, 11) is 0. The Morgan fingerprint density at radius 3 is 2.48 bits per heavy atom. The van der Waals surface area contributed by atoms with Gasteiger partial charge in [0.1, 0.15) is 6.54 Å². The largest absolute Gasteiger partial charge is 0.380 e. The van der Waals surface area contributed by atoms with Gasteiger partial charge in [-0.15, -0.1) is 0 Å². The summed E-state index contributed by atoms with van der Waals surface area (Å²) in [6, 6.07) is 18.1. The van der Waals surface area contributed by atoms with E-state index in [4.69, 9.17) is 12.2 Å². The zero-order valence-electron chi connectivity index (χ0n) is 17.0. The molecule has 3 aromatic rings. The first-order valence-corrected chi connectivity index (χ1v) is 10.2. The maximum atomic E-state index is 12.6. The van der Waals surface area contributed by atoms with Crippen LogP contribution in [0.1, 0.15) is 19.4 Å². The molecule has 29 heavy (non-hydrogen) atoms. The van der Waals surface area contributed by atoms with Gasteiger partial charge in [0.2, 0.25) is 5.91 Å². The molecule has 7 heteroatoms. The van der Waals surface area contributed by atoms with Crippen LogP contribution in [0, 0.1) is 17.6 Å². The van der Waals surface area contributed by atoms with E-state index in [2.05, 4.69) is 34.7 Å². The quantitative estimate of drug-likeness (QED) is 0.488. The topological polar surface area (TPSA) is 74.7 Å². The second-order valence-corrected chi connectivity index (χ2v) is 7.86. The third-order valence-corrected chi connectivity index (χ3v) is 5.13. The lowest BCUT2D eigenvalue weighted by Gasteiger charge is -2.24. The molecular formula is C22H27N5OS. The number of aromatic nitrogens is 3. The number of hydrogen-bond acceptors (Lipinski definition) is 4. The van der Waals surface area contributed by atoms with Crippen LogP contribution in [0.4, 0.5) is 5.69 Å². The van der Waals surface area contributed by atoms with Gasteiger partial charge in [0.05, 0.1) is 0 Å². The van der Waals surface area contributed by atoms with Gasteiger partial charge < -0.3 is 10.6 Å². The monoisotopic (exact) mass is 409 g/mol. The lowest BCUT2D eigenvalue weighted by molar-refractivity contribution is -0.121. The molecule has 0 fully saturated rings. The molecule has 0 spiro atoms. The Labute approximate surface area is 176 Å². The molecular weight excluding hydrogens is 382 g/mol. The Hall–Kier alpha value is -2.93. The molecule has 1 heterocycles. The zero-order valence-corrected chi connectivity index (χ0v) is 17.8. The minimum atomic E-state index is -0.101. The highest BCUT2D eigenvalue weighted by Gasteiger charge is 2.16. The van der Waals surface area contributed by atoms with Crippen LogP contribution >= 0.6 is 12.2 Å². The van der Waals surface area contributed by atoms with E-state index >= 15 is 0 Å². The van der Waals surface area contributed by atoms with E-state index < -0.39 is 0 Å². The van der Waals surface area contributed by atoms with Crippen LogP contribution in [-0.4, -0.2) is 33.3 Å². The minimum absolute atomic E-state index is 0.101. The molecule has 3 N–H and O–H groups in total. The molecule has 1 amide bonds. The van der Waals surface area contributed by atoms with Crippen molar-refractivity contribution in [3.63, 3.8) is 0 Å². The summed E-state index contributed by atoms with van der Waals surface area (Å²) >= 11 is 5.33. The molecule has 3 rings (SSSR count). The molecule has 6 nitrogen and oxygen atoms in total. The van der Waals surface area contributed by atoms with Crippen LogP contribution in [-0.2, 0) is 11.3 Å². The van der Waals surface area contributed by atoms with Crippen molar-refractivity contribution in [1.29, 1.82) is 0 Å². The minimum Gasteiger partial charge on any atom is -0.380 e. The molecule has 0 aliphatic heterocycles. The second kappa shape index (κ2) is 9.52. The summed E-state index contributed by atoms with van der Waals surface area (Å²) in [5.74, 6) is 0.916. The number of anilines is 1. The molecule has 1 aromatic heterocycles. The highest BCUT2D eigenvalue weighted by atomic mass is 32.1. The molecule has 0 aliphatic carbocycles. The van der Waals surface area contributed by atoms with Gasteiger partial charge in [-0.2, -0.15) is 5.10 Å². The third kappa shape index (κ3) is 5.54. The summed E-state index contributed by atoms with van der Waals surface area (Å²) in [4.78, 5) is 12.6. The van der Waals surface area contributed by atoms with Crippen LogP contribution in [0.15, 0.2) is 54.6 Å². The van der Waals surface area contributed by atoms with Crippen LogP contribution in [0.5, 0.6) is 0 Å². The van der Waals surface area contributed by atoms with Gasteiger partial charge in [-0.05, 0) is 37.2 Å². The Morgan fingerprint density at radius 2 is 1.83 bits per heavy atom. The van der Waals surface area contributed by atoms with Crippen molar-refractivity contribution in [3.05, 3.63) is 64.9 Å². The summed E-state index contributed by atoms with van der Waals surface area (Å²) in [5, 5.41) is 13.6. The molecule has 1 unspecified atom stereocenters. The van der Waals surface area contributed by atoms with Gasteiger partial charge in [0.25, 0.3) is 0 Å². The van der Waals surface area contributed by atoms with Crippen molar-refractivity contribution in [2.45, 2.75) is 33.4 Å². The van der Waals surface area contributed by atoms with E-state index in [-0.39, 0.29) is 18.5 Å². The number of aryl methyl sites for hydroxylation is 1. The number of amides is 1. The maximum absolute atomic E-state index is 12.6. The number of rotatable bonds is 8. The first-order chi connectivity index (χ1) is 13.9. The van der Waals surface area contributed by atoms with Crippen molar-refractivity contribution in [1.82, 2.24) is 20.1 Å². The molecule has 2 aromatic carbocycles. The predicted molar refractivity (Wildman–Crippen MR) is 119 cm³/mol. The predicted octanol–water partition coefficient (Wildman–Crippen LogP) is 4.17. The average molecular weight is 410 g/mol. The average Bonchev–Trinajstić information content (AvgIpc) is 3.06. The highest BCUT2D eigenvalue weighted by Crippen LogP contribution is 2.18. The fourth-order valence-corrected chi connectivity index (χ4v) is 3.21. The van der Waals surface area contributed by atoms with Crippen molar-refractivity contribution < 1.29 is 4.79 Å². The molecule has 0 saturated carbocycles. The van der Waals surface area contributed by atoms with Gasteiger partial charge in [-0.3, -0.25) is 14.5 Å². The molecule has 1 atom stereocenters. The fourth-order valence-electron chi connectivity index (χ4n) is 3.01. The molecule has 0 aliphatic rings. The summed E-state index contributed by atoms with van der Waals surface area (Å²) in [6.07, 6.45) is 0. The van der Waals surface area contributed by atoms with Crippen molar-refractivity contribution in [2.75, 3.05) is 11.9 Å². The number of carbonyl (C=O) groups is 1. The molecule has 152 valence electrons. The van der Waals surface area contributed by atoms with E-state index in [0.29, 0.717) is 23.1 Å². The van der Waals surface area contributed by atoms with Crippen LogP contribution < -0.4 is 10.6 Å². The first kappa shape index (κ1) is 20.8. The van der Waals surface area contributed by atoms with Crippen LogP contribution in [0.2, 0.25) is 0 Å². The number of H-pyrrole nitrogens is 1. The van der Waals surface area contributed by atoms with Gasteiger partial charge in [-0.25, -0.2) is 0 Å². The Kier molecular flexibility index (Phi) is 6.82. The Balaban J connectivity index is 1.65. The number of nitrogens with zero attached hydrogens (tertiary/aromatic N) is 2. The van der Waals surface area contributed by atoms with E-state index in [1.165, 1.54) is 0 Å². The lowest BCUT2D eigenvalue weighted by atomic mass is 10.0. The smallest absolute Gasteiger partial charge is 0.240 e. The number of hydrogen-bond donors (Lipinski definition) is 3. The zero-order chi connectivity index (χ0) is 20.8. The standard InChI is InChI=1S/C22H27N5OS/c1-15(2)19(24-18-7-5-4-6-8-18)13-23-20(28)14-27-21(25-26-22(27)29)17-11-9-16(3)10-12-17/h4-12,15,19,24H,13-14H2,1-3H3,(H,23,28)(H,26,29). The van der Waals surface area contributed by atoms with E-state index in [0.717, 1.165) is 16.8 Å². The first-order valence-electron chi connectivity index (χ1n) is 9.74. The highest BCUT2D eigenvalue weighted by molar-refractivity contribution is 7.71. The number of carbonyl (C=O) groups excluding carboxylic acids is 1. The second-order valence-electron chi connectivity index (χ2n) is 7.47. The van der Waals surface area contributed by atoms with Crippen LogP contribution in [0.25, 0.3) is 11.4 Å². The number of aromatic amines is 1.